The van der Waals surface area contributed by atoms with E-state index in [9.17, 15) is 14.7 Å². The first-order valence-corrected chi connectivity index (χ1v) is 12.6. The van der Waals surface area contributed by atoms with Crippen LogP contribution in [0.15, 0.2) is 65.7 Å². The summed E-state index contributed by atoms with van der Waals surface area (Å²) in [5.41, 5.74) is 1.08. The van der Waals surface area contributed by atoms with Crippen LogP contribution in [0.4, 0.5) is 5.13 Å². The lowest BCUT2D eigenvalue weighted by Crippen LogP contribution is -2.29. The first-order chi connectivity index (χ1) is 17.0. The van der Waals surface area contributed by atoms with Crippen LogP contribution in [0.2, 0.25) is 0 Å². The smallest absolute Gasteiger partial charge is 0.301 e. The van der Waals surface area contributed by atoms with E-state index in [2.05, 4.69) is 11.9 Å². The number of thiazole rings is 1. The van der Waals surface area contributed by atoms with Crippen LogP contribution in [0.3, 0.4) is 0 Å². The van der Waals surface area contributed by atoms with Gasteiger partial charge in [0.2, 0.25) is 0 Å². The quantitative estimate of drug-likeness (QED) is 0.168. The highest BCUT2D eigenvalue weighted by atomic mass is 32.1. The molecule has 35 heavy (non-hydrogen) atoms. The molecule has 1 saturated heterocycles. The van der Waals surface area contributed by atoms with Gasteiger partial charge in [0, 0.05) is 17.1 Å². The number of carbonyl (C=O) groups is 2. The van der Waals surface area contributed by atoms with Crippen LogP contribution in [-0.4, -0.2) is 35.0 Å². The maximum absolute atomic E-state index is 13.2. The normalized spacial score (nSPS) is 17.1. The molecule has 182 valence electrons. The van der Waals surface area contributed by atoms with E-state index in [4.69, 9.17) is 9.47 Å². The molecule has 0 saturated carbocycles. The number of nitrogens with zero attached hydrogens (tertiary/aromatic N) is 2. The van der Waals surface area contributed by atoms with E-state index in [1.165, 1.54) is 16.2 Å². The highest BCUT2D eigenvalue weighted by Crippen LogP contribution is 2.43. The molecule has 1 aromatic heterocycles. The van der Waals surface area contributed by atoms with E-state index < -0.39 is 17.7 Å². The molecule has 7 nitrogen and oxygen atoms in total. The lowest BCUT2D eigenvalue weighted by Gasteiger charge is -2.23. The Morgan fingerprint density at radius 2 is 1.86 bits per heavy atom. The second kappa shape index (κ2) is 11.2. The largest absolute Gasteiger partial charge is 0.507 e. The number of benzene rings is 2. The summed E-state index contributed by atoms with van der Waals surface area (Å²) in [6.07, 6.45) is 4.77. The van der Waals surface area contributed by atoms with Gasteiger partial charge in [-0.25, -0.2) is 4.98 Å². The number of aromatic nitrogens is 1. The maximum Gasteiger partial charge on any atom is 0.301 e. The topological polar surface area (TPSA) is 89.0 Å². The molecule has 1 atom stereocenters. The number of Topliss-reactive ketones (excluding diaryl/α,β-unsaturated/α-hetero) is 1. The van der Waals surface area contributed by atoms with Crippen molar-refractivity contribution in [2.75, 3.05) is 18.1 Å². The first-order valence-electron chi connectivity index (χ1n) is 11.7. The van der Waals surface area contributed by atoms with Crippen molar-refractivity contribution in [2.45, 2.75) is 39.2 Å². The van der Waals surface area contributed by atoms with Crippen molar-refractivity contribution < 1.29 is 24.2 Å². The Morgan fingerprint density at radius 1 is 1.06 bits per heavy atom. The van der Waals surface area contributed by atoms with Crippen molar-refractivity contribution in [3.05, 3.63) is 76.8 Å². The number of amides is 1. The monoisotopic (exact) mass is 492 g/mol. The van der Waals surface area contributed by atoms with Crippen molar-refractivity contribution >= 4 is 33.9 Å². The van der Waals surface area contributed by atoms with E-state index in [-0.39, 0.29) is 11.3 Å². The Kier molecular flexibility index (Phi) is 7.82. The molecule has 2 aromatic carbocycles. The Morgan fingerprint density at radius 3 is 2.54 bits per heavy atom. The first kappa shape index (κ1) is 24.5. The third-order valence-corrected chi connectivity index (χ3v) is 6.47. The SMILES string of the molecule is CCCCCOc1ccc(C2C(=C(O)c3cccc(OCC)c3)C(=O)C(=O)N2c2nccs2)cc1. The molecule has 1 amide bonds. The van der Waals surface area contributed by atoms with Gasteiger partial charge in [-0.1, -0.05) is 44.0 Å². The van der Waals surface area contributed by atoms with E-state index in [1.807, 2.05) is 31.2 Å². The Labute approximate surface area is 208 Å². The van der Waals surface area contributed by atoms with Crippen LogP contribution in [0.1, 0.15) is 50.3 Å². The predicted octanol–water partition coefficient (Wildman–Crippen LogP) is 5.74. The zero-order valence-corrected chi connectivity index (χ0v) is 20.6. The third-order valence-electron chi connectivity index (χ3n) is 5.70. The number of carbonyl (C=O) groups excluding carboxylic acids is 2. The number of aliphatic hydroxyl groups is 1. The van der Waals surface area contributed by atoms with Gasteiger partial charge in [0.15, 0.2) is 5.13 Å². The van der Waals surface area contributed by atoms with Gasteiger partial charge >= 0.3 is 5.91 Å². The minimum atomic E-state index is -0.828. The number of rotatable bonds is 10. The fourth-order valence-electron chi connectivity index (χ4n) is 4.02. The summed E-state index contributed by atoms with van der Waals surface area (Å²) in [4.78, 5) is 31.9. The Balaban J connectivity index is 1.75. The summed E-state index contributed by atoms with van der Waals surface area (Å²) in [7, 11) is 0. The van der Waals surface area contributed by atoms with Gasteiger partial charge in [-0.15, -0.1) is 11.3 Å². The molecule has 1 unspecified atom stereocenters. The van der Waals surface area contributed by atoms with E-state index in [0.717, 1.165) is 19.3 Å². The Bertz CT molecular complexity index is 1200. The van der Waals surface area contributed by atoms with E-state index >= 15 is 0 Å². The maximum atomic E-state index is 13.2. The van der Waals surface area contributed by atoms with Gasteiger partial charge < -0.3 is 14.6 Å². The average Bonchev–Trinajstić information content (AvgIpc) is 3.49. The molecule has 1 aliphatic rings. The zero-order chi connectivity index (χ0) is 24.8. The third kappa shape index (κ3) is 5.22. The van der Waals surface area contributed by atoms with E-state index in [0.29, 0.717) is 41.0 Å². The second-order valence-corrected chi connectivity index (χ2v) is 8.94. The summed E-state index contributed by atoms with van der Waals surface area (Å²) in [5.74, 6) is -0.474. The molecule has 2 heterocycles. The number of hydrogen-bond acceptors (Lipinski definition) is 7. The van der Waals surface area contributed by atoms with Gasteiger partial charge in [0.25, 0.3) is 5.78 Å². The summed E-state index contributed by atoms with van der Waals surface area (Å²) < 4.78 is 11.4. The molecule has 0 aliphatic carbocycles. The number of ketones is 1. The highest BCUT2D eigenvalue weighted by molar-refractivity contribution is 7.14. The average molecular weight is 493 g/mol. The van der Waals surface area contributed by atoms with Crippen LogP contribution >= 0.6 is 11.3 Å². The lowest BCUT2D eigenvalue weighted by atomic mass is 9.95. The Hall–Kier alpha value is -3.65. The van der Waals surface area contributed by atoms with Gasteiger partial charge in [-0.05, 0) is 43.2 Å². The fraction of sp³-hybridized carbons (Fsp3) is 0.296. The highest BCUT2D eigenvalue weighted by Gasteiger charge is 2.48. The molecule has 3 aromatic rings. The van der Waals surface area contributed by atoms with E-state index in [1.54, 1.807) is 35.8 Å². The molecular formula is C27H28N2O5S. The number of hydrogen-bond donors (Lipinski definition) is 1. The van der Waals surface area contributed by atoms with Crippen LogP contribution in [0, 0.1) is 0 Å². The minimum absolute atomic E-state index is 0.00969. The molecular weight excluding hydrogens is 464 g/mol. The molecule has 1 N–H and O–H groups in total. The number of aliphatic hydroxyl groups excluding tert-OH is 1. The van der Waals surface area contributed by atoms with Crippen molar-refractivity contribution in [3.63, 3.8) is 0 Å². The summed E-state index contributed by atoms with van der Waals surface area (Å²) in [5, 5.41) is 13.4. The standard InChI is InChI=1S/C27H28N2O5S/c1-3-5-6-15-34-20-12-10-18(11-13-20)23-22(24(30)19-8-7-9-21(17-19)33-4-2)25(31)26(32)29(23)27-28-14-16-35-27/h7-14,16-17,23,30H,3-6,15H2,1-2H3. The van der Waals surface area contributed by atoms with Gasteiger partial charge in [-0.2, -0.15) is 0 Å². The molecule has 1 fully saturated rings. The van der Waals surface area contributed by atoms with Gasteiger partial charge in [0.1, 0.15) is 17.3 Å². The van der Waals surface area contributed by atoms with Gasteiger partial charge in [0.05, 0.1) is 24.8 Å². The molecule has 8 heteroatoms. The van der Waals surface area contributed by atoms with Crippen LogP contribution in [0.25, 0.3) is 5.76 Å². The predicted molar refractivity (Wildman–Crippen MR) is 136 cm³/mol. The van der Waals surface area contributed by atoms with Crippen molar-refractivity contribution in [1.82, 2.24) is 4.98 Å². The zero-order valence-electron chi connectivity index (χ0n) is 19.8. The minimum Gasteiger partial charge on any atom is -0.507 e. The number of anilines is 1. The molecule has 0 spiro atoms. The summed E-state index contributed by atoms with van der Waals surface area (Å²) >= 11 is 1.25. The van der Waals surface area contributed by atoms with Crippen LogP contribution in [0.5, 0.6) is 11.5 Å². The van der Waals surface area contributed by atoms with Crippen LogP contribution in [-0.2, 0) is 9.59 Å². The summed E-state index contributed by atoms with van der Waals surface area (Å²) in [6, 6.07) is 13.3. The second-order valence-electron chi connectivity index (χ2n) is 8.07. The fourth-order valence-corrected chi connectivity index (χ4v) is 4.69. The molecule has 1 aliphatic heterocycles. The molecule has 0 bridgehead atoms. The van der Waals surface area contributed by atoms with Gasteiger partial charge in [-0.3, -0.25) is 14.5 Å². The molecule has 4 rings (SSSR count). The number of ether oxygens (including phenoxy) is 2. The number of unbranched alkanes of at least 4 members (excludes halogenated alkanes) is 2. The molecule has 0 radical (unpaired) electrons. The van der Waals surface area contributed by atoms with Crippen molar-refractivity contribution in [1.29, 1.82) is 0 Å². The van der Waals surface area contributed by atoms with Crippen molar-refractivity contribution in [2.24, 2.45) is 0 Å². The van der Waals surface area contributed by atoms with Crippen LogP contribution < -0.4 is 14.4 Å². The van der Waals surface area contributed by atoms with Crippen molar-refractivity contribution in [3.8, 4) is 11.5 Å². The lowest BCUT2D eigenvalue weighted by molar-refractivity contribution is -0.132. The summed E-state index contributed by atoms with van der Waals surface area (Å²) in [6.45, 7) is 5.09.